The number of nitrogens with one attached hydrogen (secondary N) is 1. The number of benzene rings is 1. The number of hydrogen-bond acceptors (Lipinski definition) is 5. The zero-order valence-corrected chi connectivity index (χ0v) is 16.4. The highest BCUT2D eigenvalue weighted by Crippen LogP contribution is 2.18. The largest absolute Gasteiger partial charge is 0.481 e. The smallest absolute Gasteiger partial charge is 0.263 e. The van der Waals surface area contributed by atoms with Crippen LogP contribution in [-0.4, -0.2) is 57.7 Å². The third-order valence-corrected chi connectivity index (χ3v) is 5.80. The van der Waals surface area contributed by atoms with Crippen molar-refractivity contribution in [3.05, 3.63) is 24.3 Å². The number of morpholine rings is 1. The Morgan fingerprint density at radius 3 is 2.42 bits per heavy atom. The summed E-state index contributed by atoms with van der Waals surface area (Å²) in [5.74, 6) is 0.361. The molecular weight excluding hydrogens is 356 g/mol. The molecule has 0 radical (unpaired) electrons. The first-order valence-corrected chi connectivity index (χ1v) is 10.5. The molecule has 0 aromatic heterocycles. The maximum Gasteiger partial charge on any atom is 0.263 e. The topological polar surface area (TPSA) is 84.9 Å². The molecule has 1 aromatic carbocycles. The quantitative estimate of drug-likeness (QED) is 0.738. The summed E-state index contributed by atoms with van der Waals surface area (Å²) < 4.78 is 38.2. The van der Waals surface area contributed by atoms with Crippen molar-refractivity contribution in [3.63, 3.8) is 0 Å². The fourth-order valence-electron chi connectivity index (χ4n) is 2.82. The van der Waals surface area contributed by atoms with Crippen LogP contribution in [0.5, 0.6) is 5.75 Å². The molecular formula is C18H28N2O5S. The van der Waals surface area contributed by atoms with Gasteiger partial charge in [0.15, 0.2) is 6.10 Å². The first kappa shape index (κ1) is 20.7. The van der Waals surface area contributed by atoms with E-state index in [4.69, 9.17) is 9.47 Å². The maximum atomic E-state index is 12.4. The van der Waals surface area contributed by atoms with E-state index in [-0.39, 0.29) is 16.8 Å². The molecule has 0 saturated carbocycles. The third-order valence-electron chi connectivity index (χ3n) is 4.20. The number of nitrogens with zero attached hydrogens (tertiary/aromatic N) is 1. The SMILES string of the molecule is CCC[C@H](C)NS(=O)(=O)c1ccc(O[C@@H](C)C(=O)N2CCOCC2)cc1. The Bertz CT molecular complexity index is 684. The maximum absolute atomic E-state index is 12.4. The molecule has 1 saturated heterocycles. The van der Waals surface area contributed by atoms with E-state index in [1.165, 1.54) is 12.1 Å². The highest BCUT2D eigenvalue weighted by Gasteiger charge is 2.24. The molecule has 26 heavy (non-hydrogen) atoms. The van der Waals surface area contributed by atoms with Crippen molar-refractivity contribution in [3.8, 4) is 5.75 Å². The van der Waals surface area contributed by atoms with Gasteiger partial charge in [0.05, 0.1) is 18.1 Å². The van der Waals surface area contributed by atoms with E-state index in [1.54, 1.807) is 24.0 Å². The molecule has 7 nitrogen and oxygen atoms in total. The monoisotopic (exact) mass is 384 g/mol. The van der Waals surface area contributed by atoms with Gasteiger partial charge in [0.2, 0.25) is 10.0 Å². The zero-order valence-electron chi connectivity index (χ0n) is 15.6. The van der Waals surface area contributed by atoms with Crippen LogP contribution in [-0.2, 0) is 19.6 Å². The molecule has 1 fully saturated rings. The summed E-state index contributed by atoms with van der Waals surface area (Å²) in [7, 11) is -3.56. The summed E-state index contributed by atoms with van der Waals surface area (Å²) in [5.41, 5.74) is 0. The summed E-state index contributed by atoms with van der Waals surface area (Å²) >= 11 is 0. The van der Waals surface area contributed by atoms with Crippen molar-refractivity contribution in [2.45, 2.75) is 50.7 Å². The van der Waals surface area contributed by atoms with E-state index in [9.17, 15) is 13.2 Å². The van der Waals surface area contributed by atoms with Gasteiger partial charge in [-0.1, -0.05) is 13.3 Å². The Hall–Kier alpha value is -1.64. The summed E-state index contributed by atoms with van der Waals surface area (Å²) in [6, 6.07) is 6.00. The van der Waals surface area contributed by atoms with Crippen LogP contribution in [0.2, 0.25) is 0 Å². The van der Waals surface area contributed by atoms with Gasteiger partial charge in [0.25, 0.3) is 5.91 Å². The van der Waals surface area contributed by atoms with Crippen molar-refractivity contribution >= 4 is 15.9 Å². The molecule has 1 aromatic rings. The second kappa shape index (κ2) is 9.34. The van der Waals surface area contributed by atoms with E-state index >= 15 is 0 Å². The highest BCUT2D eigenvalue weighted by molar-refractivity contribution is 7.89. The molecule has 146 valence electrons. The van der Waals surface area contributed by atoms with E-state index < -0.39 is 16.1 Å². The predicted molar refractivity (Wildman–Crippen MR) is 98.6 cm³/mol. The lowest BCUT2D eigenvalue weighted by molar-refractivity contribution is -0.142. The fourth-order valence-corrected chi connectivity index (χ4v) is 4.10. The number of ether oxygens (including phenoxy) is 2. The molecule has 2 rings (SSSR count). The van der Waals surface area contributed by atoms with Crippen LogP contribution in [0.15, 0.2) is 29.2 Å². The van der Waals surface area contributed by atoms with Crippen LogP contribution in [0.25, 0.3) is 0 Å². The summed E-state index contributed by atoms with van der Waals surface area (Å²) in [6.07, 6.45) is 1.05. The normalized spacial score (nSPS) is 17.6. The minimum absolute atomic E-state index is 0.0972. The molecule has 0 unspecified atom stereocenters. The number of amides is 1. The van der Waals surface area contributed by atoms with Gasteiger partial charge in [-0.25, -0.2) is 13.1 Å². The molecule has 1 heterocycles. The summed E-state index contributed by atoms with van der Waals surface area (Å²) in [6.45, 7) is 7.74. The molecule has 8 heteroatoms. The van der Waals surface area contributed by atoms with Crippen LogP contribution in [0.1, 0.15) is 33.6 Å². The Morgan fingerprint density at radius 1 is 1.23 bits per heavy atom. The van der Waals surface area contributed by atoms with Gasteiger partial charge >= 0.3 is 0 Å². The highest BCUT2D eigenvalue weighted by atomic mass is 32.2. The Balaban J connectivity index is 1.97. The van der Waals surface area contributed by atoms with Crippen LogP contribution < -0.4 is 9.46 Å². The Labute approximate surface area is 155 Å². The molecule has 0 bridgehead atoms. The Kier molecular flexibility index (Phi) is 7.43. The second-order valence-corrected chi connectivity index (χ2v) is 8.19. The van der Waals surface area contributed by atoms with E-state index in [1.807, 2.05) is 13.8 Å². The molecule has 0 aliphatic carbocycles. The lowest BCUT2D eigenvalue weighted by atomic mass is 10.2. The summed E-state index contributed by atoms with van der Waals surface area (Å²) in [5, 5.41) is 0. The average Bonchev–Trinajstić information content (AvgIpc) is 2.62. The molecule has 1 N–H and O–H groups in total. The molecule has 0 spiro atoms. The average molecular weight is 384 g/mol. The van der Waals surface area contributed by atoms with Gasteiger partial charge in [-0.2, -0.15) is 0 Å². The van der Waals surface area contributed by atoms with Gasteiger partial charge in [0, 0.05) is 19.1 Å². The lowest BCUT2D eigenvalue weighted by Crippen LogP contribution is -2.46. The molecule has 1 aliphatic rings. The standard InChI is InChI=1S/C18H28N2O5S/c1-4-5-14(2)19-26(22,23)17-8-6-16(7-9-17)25-15(3)18(21)20-10-12-24-13-11-20/h6-9,14-15,19H,4-5,10-13H2,1-3H3/t14-,15-/m0/s1. The Morgan fingerprint density at radius 2 is 1.85 bits per heavy atom. The van der Waals surface area contributed by atoms with Crippen LogP contribution in [0.3, 0.4) is 0 Å². The van der Waals surface area contributed by atoms with Crippen LogP contribution in [0.4, 0.5) is 0 Å². The molecule has 1 aliphatic heterocycles. The van der Waals surface area contributed by atoms with Crippen molar-refractivity contribution in [1.82, 2.24) is 9.62 Å². The van der Waals surface area contributed by atoms with Gasteiger partial charge in [-0.15, -0.1) is 0 Å². The first-order chi connectivity index (χ1) is 12.3. The number of sulfonamides is 1. The number of carbonyl (C=O) groups excluding carboxylic acids is 1. The van der Waals surface area contributed by atoms with Crippen LogP contribution >= 0.6 is 0 Å². The van der Waals surface area contributed by atoms with Crippen molar-refractivity contribution in [2.24, 2.45) is 0 Å². The van der Waals surface area contributed by atoms with Crippen LogP contribution in [0, 0.1) is 0 Å². The third kappa shape index (κ3) is 5.69. The van der Waals surface area contributed by atoms with Gasteiger partial charge < -0.3 is 14.4 Å². The minimum atomic E-state index is -3.56. The van der Waals surface area contributed by atoms with E-state index in [0.717, 1.165) is 12.8 Å². The van der Waals surface area contributed by atoms with E-state index in [0.29, 0.717) is 32.1 Å². The predicted octanol–water partition coefficient (Wildman–Crippen LogP) is 1.78. The van der Waals surface area contributed by atoms with Crippen molar-refractivity contribution in [2.75, 3.05) is 26.3 Å². The van der Waals surface area contributed by atoms with Crippen molar-refractivity contribution < 1.29 is 22.7 Å². The lowest BCUT2D eigenvalue weighted by Gasteiger charge is -2.29. The van der Waals surface area contributed by atoms with Gasteiger partial charge in [-0.05, 0) is 44.5 Å². The second-order valence-electron chi connectivity index (χ2n) is 6.48. The number of hydrogen-bond donors (Lipinski definition) is 1. The van der Waals surface area contributed by atoms with Gasteiger partial charge in [0.1, 0.15) is 5.75 Å². The minimum Gasteiger partial charge on any atom is -0.481 e. The first-order valence-electron chi connectivity index (χ1n) is 8.99. The van der Waals surface area contributed by atoms with E-state index in [2.05, 4.69) is 4.72 Å². The zero-order chi connectivity index (χ0) is 19.2. The fraction of sp³-hybridized carbons (Fsp3) is 0.611. The molecule has 1 amide bonds. The van der Waals surface area contributed by atoms with Gasteiger partial charge in [-0.3, -0.25) is 4.79 Å². The number of carbonyl (C=O) groups is 1. The number of rotatable bonds is 8. The summed E-state index contributed by atoms with van der Waals surface area (Å²) in [4.78, 5) is 14.2. The van der Waals surface area contributed by atoms with Crippen molar-refractivity contribution in [1.29, 1.82) is 0 Å². The molecule has 2 atom stereocenters.